The van der Waals surface area contributed by atoms with E-state index in [0.717, 1.165) is 64.4 Å². The van der Waals surface area contributed by atoms with Gasteiger partial charge in [-0.15, -0.1) is 0 Å². The van der Waals surface area contributed by atoms with Crippen molar-refractivity contribution in [3.8, 4) is 16.9 Å². The SMILES string of the molecule is CCOC(=O)Cc1ccccc1OCc1cc(-c2cccc(CC)c2)c2oc(CNCC3CCCCC3)cc2c1. The molecule has 1 fully saturated rings. The van der Waals surface area contributed by atoms with E-state index in [9.17, 15) is 4.79 Å². The van der Waals surface area contributed by atoms with Crippen LogP contribution in [0.3, 0.4) is 0 Å². The zero-order valence-corrected chi connectivity index (χ0v) is 23.8. The van der Waals surface area contributed by atoms with Gasteiger partial charge in [0.05, 0.1) is 19.6 Å². The molecule has 1 saturated carbocycles. The fraction of sp³-hybridized carbons (Fsp3) is 0.400. The number of rotatable bonds is 12. The van der Waals surface area contributed by atoms with E-state index in [4.69, 9.17) is 13.9 Å². The van der Waals surface area contributed by atoms with Crippen LogP contribution < -0.4 is 10.1 Å². The lowest BCUT2D eigenvalue weighted by Crippen LogP contribution is -2.23. The van der Waals surface area contributed by atoms with Crippen molar-refractivity contribution in [1.29, 1.82) is 0 Å². The molecular weight excluding hydrogens is 498 g/mol. The van der Waals surface area contributed by atoms with Crippen LogP contribution in [0.1, 0.15) is 68.4 Å². The molecule has 0 unspecified atom stereocenters. The van der Waals surface area contributed by atoms with E-state index in [1.807, 2.05) is 31.2 Å². The Balaban J connectivity index is 1.39. The third kappa shape index (κ3) is 7.14. The highest BCUT2D eigenvalue weighted by Gasteiger charge is 2.16. The highest BCUT2D eigenvalue weighted by molar-refractivity contribution is 5.93. The van der Waals surface area contributed by atoms with Gasteiger partial charge in [-0.25, -0.2) is 0 Å². The Bertz CT molecular complexity index is 1420. The second-order valence-corrected chi connectivity index (χ2v) is 10.8. The predicted molar refractivity (Wildman–Crippen MR) is 160 cm³/mol. The summed E-state index contributed by atoms with van der Waals surface area (Å²) in [4.78, 5) is 12.1. The lowest BCUT2D eigenvalue weighted by atomic mass is 9.89. The average Bonchev–Trinajstić information content (AvgIpc) is 3.40. The minimum absolute atomic E-state index is 0.192. The summed E-state index contributed by atoms with van der Waals surface area (Å²) in [5.74, 6) is 2.18. The topological polar surface area (TPSA) is 60.7 Å². The summed E-state index contributed by atoms with van der Waals surface area (Å²) >= 11 is 0. The van der Waals surface area contributed by atoms with Crippen molar-refractivity contribution in [2.24, 2.45) is 5.92 Å². The molecule has 4 aromatic rings. The third-order valence-corrected chi connectivity index (χ3v) is 7.84. The van der Waals surface area contributed by atoms with Crippen LogP contribution in [-0.4, -0.2) is 19.1 Å². The molecule has 1 N–H and O–H groups in total. The molecule has 210 valence electrons. The predicted octanol–water partition coefficient (Wildman–Crippen LogP) is 8.02. The normalized spacial score (nSPS) is 13.9. The number of carbonyl (C=O) groups is 1. The number of benzene rings is 3. The van der Waals surface area contributed by atoms with Gasteiger partial charge in [-0.05, 0) is 79.6 Å². The molecule has 0 spiro atoms. The first-order valence-electron chi connectivity index (χ1n) is 14.8. The van der Waals surface area contributed by atoms with Crippen LogP contribution in [0.4, 0.5) is 0 Å². The van der Waals surface area contributed by atoms with Gasteiger partial charge in [-0.1, -0.05) is 68.7 Å². The summed E-state index contributed by atoms with van der Waals surface area (Å²) in [6, 6.07) is 22.8. The highest BCUT2D eigenvalue weighted by Crippen LogP contribution is 2.34. The van der Waals surface area contributed by atoms with E-state index >= 15 is 0 Å². The summed E-state index contributed by atoms with van der Waals surface area (Å²) in [6.07, 6.45) is 7.92. The van der Waals surface area contributed by atoms with E-state index in [1.54, 1.807) is 0 Å². The van der Waals surface area contributed by atoms with Gasteiger partial charge in [-0.2, -0.15) is 0 Å². The van der Waals surface area contributed by atoms with Crippen molar-refractivity contribution in [1.82, 2.24) is 5.32 Å². The van der Waals surface area contributed by atoms with E-state index in [-0.39, 0.29) is 12.4 Å². The number of esters is 1. The second kappa shape index (κ2) is 13.7. The van der Waals surface area contributed by atoms with Crippen LogP contribution in [0, 0.1) is 5.92 Å². The molecule has 0 bridgehead atoms. The third-order valence-electron chi connectivity index (χ3n) is 7.84. The number of ether oxygens (including phenoxy) is 2. The first-order valence-corrected chi connectivity index (χ1v) is 14.8. The molecule has 1 aliphatic rings. The molecular formula is C35H41NO4. The quantitative estimate of drug-likeness (QED) is 0.185. The lowest BCUT2D eigenvalue weighted by molar-refractivity contribution is -0.142. The number of hydrogen-bond acceptors (Lipinski definition) is 5. The van der Waals surface area contributed by atoms with Gasteiger partial charge in [0, 0.05) is 16.5 Å². The van der Waals surface area contributed by atoms with Gasteiger partial charge in [0.2, 0.25) is 0 Å². The highest BCUT2D eigenvalue weighted by atomic mass is 16.5. The first-order chi connectivity index (χ1) is 19.6. The molecule has 3 aromatic carbocycles. The van der Waals surface area contributed by atoms with E-state index < -0.39 is 0 Å². The number of hydrogen-bond donors (Lipinski definition) is 1. The Morgan fingerprint density at radius 2 is 1.80 bits per heavy atom. The molecule has 1 aliphatic carbocycles. The lowest BCUT2D eigenvalue weighted by Gasteiger charge is -2.21. The largest absolute Gasteiger partial charge is 0.489 e. The summed E-state index contributed by atoms with van der Waals surface area (Å²) in [5.41, 5.74) is 6.30. The second-order valence-electron chi connectivity index (χ2n) is 10.8. The molecule has 0 aliphatic heterocycles. The molecule has 0 atom stereocenters. The zero-order valence-electron chi connectivity index (χ0n) is 23.8. The summed E-state index contributed by atoms with van der Waals surface area (Å²) in [5, 5.41) is 4.72. The average molecular weight is 540 g/mol. The smallest absolute Gasteiger partial charge is 0.310 e. The summed E-state index contributed by atoms with van der Waals surface area (Å²) < 4.78 is 17.9. The standard InChI is InChI=1S/C35H41NO4/c1-3-25-13-10-15-28(17-25)32-19-27(24-39-33-16-9-8-14-29(33)21-34(37)38-4-2)18-30-20-31(40-35(30)32)23-36-22-26-11-6-5-7-12-26/h8-10,13-20,26,36H,3-7,11-12,21-24H2,1-2H3. The summed E-state index contributed by atoms with van der Waals surface area (Å²) in [6.45, 7) is 6.52. The Morgan fingerprint density at radius 3 is 2.62 bits per heavy atom. The van der Waals surface area contributed by atoms with Crippen molar-refractivity contribution < 1.29 is 18.7 Å². The van der Waals surface area contributed by atoms with E-state index in [1.165, 1.54) is 37.7 Å². The minimum atomic E-state index is -0.249. The van der Waals surface area contributed by atoms with Gasteiger partial charge >= 0.3 is 5.97 Å². The van der Waals surface area contributed by atoms with Gasteiger partial charge in [-0.3, -0.25) is 4.79 Å². The Kier molecular flexibility index (Phi) is 9.56. The van der Waals surface area contributed by atoms with Crippen molar-refractivity contribution in [2.75, 3.05) is 13.2 Å². The van der Waals surface area contributed by atoms with Gasteiger partial charge < -0.3 is 19.2 Å². The number of nitrogens with one attached hydrogen (secondary N) is 1. The maximum absolute atomic E-state index is 12.1. The molecule has 5 heteroatoms. The molecule has 1 aromatic heterocycles. The van der Waals surface area contributed by atoms with Gasteiger partial charge in [0.15, 0.2) is 0 Å². The molecule has 0 amide bonds. The van der Waals surface area contributed by atoms with Crippen LogP contribution in [0.25, 0.3) is 22.1 Å². The molecule has 1 heterocycles. The van der Waals surface area contributed by atoms with E-state index in [0.29, 0.717) is 19.0 Å². The number of aryl methyl sites for hydroxylation is 1. The van der Waals surface area contributed by atoms with Crippen LogP contribution >= 0.6 is 0 Å². The minimum Gasteiger partial charge on any atom is -0.489 e. The zero-order chi connectivity index (χ0) is 27.7. The Hall–Kier alpha value is -3.57. The van der Waals surface area contributed by atoms with Crippen LogP contribution in [0.2, 0.25) is 0 Å². The maximum atomic E-state index is 12.1. The molecule has 0 saturated heterocycles. The van der Waals surface area contributed by atoms with Crippen LogP contribution in [0.15, 0.2) is 71.1 Å². The number of para-hydroxylation sites is 1. The maximum Gasteiger partial charge on any atom is 0.310 e. The molecule has 5 rings (SSSR count). The molecule has 40 heavy (non-hydrogen) atoms. The van der Waals surface area contributed by atoms with Crippen molar-refractivity contribution in [2.45, 2.75) is 71.9 Å². The van der Waals surface area contributed by atoms with Crippen molar-refractivity contribution >= 4 is 16.9 Å². The van der Waals surface area contributed by atoms with Crippen LogP contribution in [-0.2, 0) is 35.5 Å². The number of furan rings is 1. The van der Waals surface area contributed by atoms with Crippen molar-refractivity contribution in [3.63, 3.8) is 0 Å². The van der Waals surface area contributed by atoms with E-state index in [2.05, 4.69) is 54.7 Å². The monoisotopic (exact) mass is 539 g/mol. The van der Waals surface area contributed by atoms with Crippen molar-refractivity contribution in [3.05, 3.63) is 89.2 Å². The molecule has 0 radical (unpaired) electrons. The fourth-order valence-corrected chi connectivity index (χ4v) is 5.72. The van der Waals surface area contributed by atoms with Gasteiger partial charge in [0.25, 0.3) is 0 Å². The van der Waals surface area contributed by atoms with Gasteiger partial charge in [0.1, 0.15) is 23.7 Å². The Morgan fingerprint density at radius 1 is 0.950 bits per heavy atom. The fourth-order valence-electron chi connectivity index (χ4n) is 5.72. The Labute approximate surface area is 237 Å². The number of fused-ring (bicyclic) bond motifs is 1. The number of carbonyl (C=O) groups excluding carboxylic acids is 1. The first kappa shape index (κ1) is 28.0. The summed E-state index contributed by atoms with van der Waals surface area (Å²) in [7, 11) is 0. The van der Waals surface area contributed by atoms with Crippen LogP contribution in [0.5, 0.6) is 5.75 Å². The molecule has 5 nitrogen and oxygen atoms in total.